The molecule has 19 heavy (non-hydrogen) atoms. The molecule has 0 atom stereocenters. The lowest BCUT2D eigenvalue weighted by Gasteiger charge is -2.08. The minimum atomic E-state index is 0.805. The van der Waals surface area contributed by atoms with E-state index in [4.69, 9.17) is 12.2 Å². The highest BCUT2D eigenvalue weighted by molar-refractivity contribution is 8.24. The highest BCUT2D eigenvalue weighted by Gasteiger charge is 2.06. The molecule has 4 heteroatoms. The van der Waals surface area contributed by atoms with E-state index in [1.165, 1.54) is 0 Å². The Kier molecular flexibility index (Phi) is 5.12. The van der Waals surface area contributed by atoms with Crippen LogP contribution in [0.3, 0.4) is 0 Å². The number of nitrogens with one attached hydrogen (secondary N) is 1. The zero-order chi connectivity index (χ0) is 13.5. The molecule has 1 N–H and O–H groups in total. The van der Waals surface area contributed by atoms with Crippen molar-refractivity contribution < 1.29 is 0 Å². The van der Waals surface area contributed by atoms with Crippen molar-refractivity contribution in [1.82, 2.24) is 4.98 Å². The molecule has 1 aromatic carbocycles. The summed E-state index contributed by atoms with van der Waals surface area (Å²) in [6, 6.07) is 15.9. The Morgan fingerprint density at radius 2 is 1.89 bits per heavy atom. The fraction of sp³-hybridized carbons (Fsp3) is 0.0667. The predicted molar refractivity (Wildman–Crippen MR) is 88.4 cm³/mol. The molecule has 0 aliphatic rings. The molecule has 1 heterocycles. The SMILES string of the molecule is CSC(=S)/C(=C\Nc1ccccn1)c1ccccc1. The molecule has 0 saturated heterocycles. The van der Waals surface area contributed by atoms with E-state index in [2.05, 4.69) is 22.4 Å². The average Bonchev–Trinajstić information content (AvgIpc) is 2.49. The first-order valence-electron chi connectivity index (χ1n) is 5.83. The van der Waals surface area contributed by atoms with Crippen molar-refractivity contribution in [3.63, 3.8) is 0 Å². The summed E-state index contributed by atoms with van der Waals surface area (Å²) in [5.41, 5.74) is 2.11. The van der Waals surface area contributed by atoms with Crippen LogP contribution in [-0.2, 0) is 0 Å². The van der Waals surface area contributed by atoms with Crippen LogP contribution >= 0.6 is 24.0 Å². The van der Waals surface area contributed by atoms with Crippen molar-refractivity contribution in [1.29, 1.82) is 0 Å². The fourth-order valence-electron chi connectivity index (χ4n) is 1.58. The van der Waals surface area contributed by atoms with E-state index in [1.807, 2.05) is 48.9 Å². The number of pyridine rings is 1. The standard InChI is InChI=1S/C15H14N2S2/c1-19-15(18)13(12-7-3-2-4-8-12)11-17-14-9-5-6-10-16-14/h2-11H,1H3,(H,16,17)/b13-11-. The van der Waals surface area contributed by atoms with E-state index in [0.29, 0.717) is 0 Å². The molecule has 0 bridgehead atoms. The lowest BCUT2D eigenvalue weighted by atomic mass is 10.1. The maximum atomic E-state index is 5.41. The molecule has 0 fully saturated rings. The summed E-state index contributed by atoms with van der Waals surface area (Å²) in [7, 11) is 0. The van der Waals surface area contributed by atoms with Gasteiger partial charge in [-0.1, -0.05) is 48.6 Å². The van der Waals surface area contributed by atoms with Crippen LogP contribution in [0.4, 0.5) is 5.82 Å². The van der Waals surface area contributed by atoms with E-state index in [9.17, 15) is 0 Å². The first kappa shape index (κ1) is 13.8. The number of hydrogen-bond acceptors (Lipinski definition) is 4. The first-order valence-corrected chi connectivity index (χ1v) is 7.46. The molecule has 1 aromatic heterocycles. The van der Waals surface area contributed by atoms with Crippen LogP contribution in [-0.4, -0.2) is 15.4 Å². The van der Waals surface area contributed by atoms with Crippen molar-refractivity contribution >= 4 is 39.6 Å². The van der Waals surface area contributed by atoms with Crippen molar-refractivity contribution in [2.75, 3.05) is 11.6 Å². The van der Waals surface area contributed by atoms with Gasteiger partial charge < -0.3 is 5.32 Å². The van der Waals surface area contributed by atoms with Gasteiger partial charge in [-0.15, -0.1) is 11.8 Å². The van der Waals surface area contributed by atoms with Gasteiger partial charge in [-0.05, 0) is 24.0 Å². The highest BCUT2D eigenvalue weighted by atomic mass is 32.2. The molecule has 0 unspecified atom stereocenters. The number of nitrogens with zero attached hydrogens (tertiary/aromatic N) is 1. The molecular formula is C15H14N2S2. The molecule has 0 radical (unpaired) electrons. The van der Waals surface area contributed by atoms with Crippen LogP contribution in [0.25, 0.3) is 5.57 Å². The zero-order valence-electron chi connectivity index (χ0n) is 10.5. The van der Waals surface area contributed by atoms with Gasteiger partial charge in [0.15, 0.2) is 0 Å². The summed E-state index contributed by atoms with van der Waals surface area (Å²) < 4.78 is 0.856. The second kappa shape index (κ2) is 7.07. The quantitative estimate of drug-likeness (QED) is 0.672. The molecule has 0 amide bonds. The number of rotatable bonds is 4. The van der Waals surface area contributed by atoms with Crippen LogP contribution in [0.15, 0.2) is 60.9 Å². The Hall–Kier alpha value is -1.65. The smallest absolute Gasteiger partial charge is 0.129 e. The molecule has 96 valence electrons. The van der Waals surface area contributed by atoms with E-state index in [0.717, 1.165) is 21.2 Å². The van der Waals surface area contributed by atoms with Gasteiger partial charge in [-0.25, -0.2) is 4.98 Å². The van der Waals surface area contributed by atoms with E-state index < -0.39 is 0 Å². The van der Waals surface area contributed by atoms with Gasteiger partial charge in [0.05, 0.1) is 4.20 Å². The monoisotopic (exact) mass is 286 g/mol. The summed E-state index contributed by atoms with van der Waals surface area (Å²) in [6.07, 6.45) is 5.65. The summed E-state index contributed by atoms with van der Waals surface area (Å²) in [5, 5.41) is 3.18. The van der Waals surface area contributed by atoms with Crippen LogP contribution in [0, 0.1) is 0 Å². The zero-order valence-corrected chi connectivity index (χ0v) is 12.2. The van der Waals surface area contributed by atoms with Gasteiger partial charge in [-0.3, -0.25) is 0 Å². The third-order valence-corrected chi connectivity index (χ3v) is 3.83. The molecule has 0 spiro atoms. The molecule has 0 saturated carbocycles. The minimum absolute atomic E-state index is 0.805. The second-order valence-electron chi connectivity index (χ2n) is 3.77. The van der Waals surface area contributed by atoms with Gasteiger partial charge in [-0.2, -0.15) is 0 Å². The van der Waals surface area contributed by atoms with Crippen LogP contribution < -0.4 is 5.32 Å². The van der Waals surface area contributed by atoms with Crippen LogP contribution in [0.1, 0.15) is 5.56 Å². The maximum absolute atomic E-state index is 5.41. The molecule has 0 aliphatic carbocycles. The Morgan fingerprint density at radius 1 is 1.16 bits per heavy atom. The number of benzene rings is 1. The lowest BCUT2D eigenvalue weighted by molar-refractivity contribution is 1.31. The Balaban J connectivity index is 2.26. The summed E-state index contributed by atoms with van der Waals surface area (Å²) in [5.74, 6) is 0.805. The largest absolute Gasteiger partial charge is 0.346 e. The number of thioether (sulfide) groups is 1. The minimum Gasteiger partial charge on any atom is -0.346 e. The topological polar surface area (TPSA) is 24.9 Å². The normalized spacial score (nSPS) is 11.1. The molecular weight excluding hydrogens is 272 g/mol. The number of thiocarbonyl (C=S) groups is 1. The maximum Gasteiger partial charge on any atom is 0.129 e. The lowest BCUT2D eigenvalue weighted by Crippen LogP contribution is -1.99. The molecule has 2 aromatic rings. The highest BCUT2D eigenvalue weighted by Crippen LogP contribution is 2.21. The first-order chi connectivity index (χ1) is 9.31. The van der Waals surface area contributed by atoms with Gasteiger partial charge in [0.25, 0.3) is 0 Å². The van der Waals surface area contributed by atoms with Crippen LogP contribution in [0.2, 0.25) is 0 Å². The van der Waals surface area contributed by atoms with E-state index >= 15 is 0 Å². The Morgan fingerprint density at radius 3 is 2.53 bits per heavy atom. The Labute approximate surface area is 123 Å². The van der Waals surface area contributed by atoms with Gasteiger partial charge in [0, 0.05) is 18.0 Å². The van der Waals surface area contributed by atoms with Crippen LogP contribution in [0.5, 0.6) is 0 Å². The van der Waals surface area contributed by atoms with Gasteiger partial charge in [0.2, 0.25) is 0 Å². The predicted octanol–water partition coefficient (Wildman–Crippen LogP) is 4.23. The van der Waals surface area contributed by atoms with Crippen molar-refractivity contribution in [2.24, 2.45) is 0 Å². The summed E-state index contributed by atoms with van der Waals surface area (Å²) >= 11 is 6.97. The van der Waals surface area contributed by atoms with E-state index in [1.54, 1.807) is 18.0 Å². The molecule has 0 aliphatic heterocycles. The molecule has 2 nitrogen and oxygen atoms in total. The average molecular weight is 286 g/mol. The third-order valence-electron chi connectivity index (χ3n) is 2.52. The number of anilines is 1. The Bertz CT molecular complexity index is 565. The second-order valence-corrected chi connectivity index (χ2v) is 5.26. The summed E-state index contributed by atoms with van der Waals surface area (Å²) in [4.78, 5) is 4.22. The third kappa shape index (κ3) is 3.91. The molecule has 2 rings (SSSR count). The number of hydrogen-bond donors (Lipinski definition) is 1. The van der Waals surface area contributed by atoms with Gasteiger partial charge in [0.1, 0.15) is 5.82 Å². The number of aromatic nitrogens is 1. The van der Waals surface area contributed by atoms with Crippen molar-refractivity contribution in [3.05, 3.63) is 66.5 Å². The van der Waals surface area contributed by atoms with Crippen molar-refractivity contribution in [3.8, 4) is 0 Å². The van der Waals surface area contributed by atoms with E-state index in [-0.39, 0.29) is 0 Å². The van der Waals surface area contributed by atoms with Gasteiger partial charge >= 0.3 is 0 Å². The van der Waals surface area contributed by atoms with Crippen molar-refractivity contribution in [2.45, 2.75) is 0 Å². The fourth-order valence-corrected chi connectivity index (χ4v) is 2.16. The summed E-state index contributed by atoms with van der Waals surface area (Å²) in [6.45, 7) is 0.